The lowest BCUT2D eigenvalue weighted by Crippen LogP contribution is -2.30. The minimum atomic E-state index is -0.496. The summed E-state index contributed by atoms with van der Waals surface area (Å²) in [5.41, 5.74) is 0.708. The summed E-state index contributed by atoms with van der Waals surface area (Å²) < 4.78 is 37.7. The summed E-state index contributed by atoms with van der Waals surface area (Å²) in [4.78, 5) is 0. The van der Waals surface area contributed by atoms with E-state index in [0.29, 0.717) is 37.5 Å². The maximum atomic E-state index is 13.4. The predicted octanol–water partition coefficient (Wildman–Crippen LogP) is 3.21. The highest BCUT2D eigenvalue weighted by atomic mass is 19.1. The minimum absolute atomic E-state index is 0.0674. The van der Waals surface area contributed by atoms with Gasteiger partial charge in [-0.25, -0.2) is 8.78 Å². The molecule has 0 unspecified atom stereocenters. The first-order valence-electron chi connectivity index (χ1n) is 6.24. The van der Waals surface area contributed by atoms with E-state index in [1.54, 1.807) is 0 Å². The summed E-state index contributed by atoms with van der Waals surface area (Å²) in [6.45, 7) is 4.85. The highest BCUT2D eigenvalue weighted by Crippen LogP contribution is 2.18. The summed E-state index contributed by atoms with van der Waals surface area (Å²) in [6, 6.07) is 2.76. The number of rotatable bonds is 3. The number of aryl methyl sites for hydroxylation is 1. The fraction of sp³-hybridized carbons (Fsp3) is 0.571. The van der Waals surface area contributed by atoms with Crippen molar-refractivity contribution < 1.29 is 18.3 Å². The highest BCUT2D eigenvalue weighted by Gasteiger charge is 2.19. The van der Waals surface area contributed by atoms with Crippen LogP contribution in [-0.4, -0.2) is 19.5 Å². The Balaban J connectivity index is 1.90. The largest absolute Gasteiger partial charge is 0.352 e. The first-order valence-corrected chi connectivity index (χ1v) is 6.24. The summed E-state index contributed by atoms with van der Waals surface area (Å²) in [7, 11) is 0. The maximum Gasteiger partial charge on any atom is 0.157 e. The quantitative estimate of drug-likeness (QED) is 0.826. The van der Waals surface area contributed by atoms with Crippen LogP contribution < -0.4 is 0 Å². The summed E-state index contributed by atoms with van der Waals surface area (Å²) in [5, 5.41) is 0. The van der Waals surface area contributed by atoms with Crippen LogP contribution in [0.1, 0.15) is 24.5 Å². The fourth-order valence-corrected chi connectivity index (χ4v) is 1.93. The number of hydrogen-bond donors (Lipinski definition) is 0. The molecule has 0 amide bonds. The Hall–Kier alpha value is -1.00. The van der Waals surface area contributed by atoms with E-state index < -0.39 is 11.6 Å². The van der Waals surface area contributed by atoms with Gasteiger partial charge in [0, 0.05) is 17.9 Å². The number of benzene rings is 1. The van der Waals surface area contributed by atoms with Crippen LogP contribution in [0.15, 0.2) is 12.1 Å². The topological polar surface area (TPSA) is 18.5 Å². The van der Waals surface area contributed by atoms with Crippen molar-refractivity contribution in [1.29, 1.82) is 0 Å². The zero-order chi connectivity index (χ0) is 13.1. The highest BCUT2D eigenvalue weighted by molar-refractivity contribution is 5.25. The van der Waals surface area contributed by atoms with Crippen LogP contribution in [0, 0.1) is 24.5 Å². The SMILES string of the molecule is Cc1c(F)cc(CCC2OCC(C)CO2)cc1F. The molecule has 4 heteroatoms. The summed E-state index contributed by atoms with van der Waals surface area (Å²) >= 11 is 0. The van der Waals surface area contributed by atoms with Crippen LogP contribution in [0.25, 0.3) is 0 Å². The standard InChI is InChI=1S/C14H18F2O2/c1-9-7-17-14(18-8-9)4-3-11-5-12(15)10(2)13(16)6-11/h5-6,9,14H,3-4,7-8H2,1-2H3. The van der Waals surface area contributed by atoms with Gasteiger partial charge in [-0.1, -0.05) is 6.92 Å². The van der Waals surface area contributed by atoms with E-state index in [2.05, 4.69) is 6.92 Å². The van der Waals surface area contributed by atoms with Gasteiger partial charge in [-0.2, -0.15) is 0 Å². The molecule has 0 aromatic heterocycles. The Morgan fingerprint density at radius 2 is 1.72 bits per heavy atom. The molecule has 1 aliphatic rings. The van der Waals surface area contributed by atoms with Crippen LogP contribution >= 0.6 is 0 Å². The zero-order valence-electron chi connectivity index (χ0n) is 10.7. The third kappa shape index (κ3) is 3.27. The lowest BCUT2D eigenvalue weighted by atomic mass is 10.1. The van der Waals surface area contributed by atoms with Gasteiger partial charge in [0.2, 0.25) is 0 Å². The molecule has 18 heavy (non-hydrogen) atoms. The molecule has 0 spiro atoms. The first kappa shape index (κ1) is 13.4. The van der Waals surface area contributed by atoms with Crippen LogP contribution in [0.2, 0.25) is 0 Å². The molecule has 0 N–H and O–H groups in total. The van der Waals surface area contributed by atoms with Gasteiger partial charge < -0.3 is 9.47 Å². The molecule has 100 valence electrons. The van der Waals surface area contributed by atoms with Crippen molar-refractivity contribution in [3.63, 3.8) is 0 Å². The van der Waals surface area contributed by atoms with Crippen molar-refractivity contribution in [3.05, 3.63) is 34.9 Å². The lowest BCUT2D eigenvalue weighted by molar-refractivity contribution is -0.199. The van der Waals surface area contributed by atoms with Crippen LogP contribution in [0.4, 0.5) is 8.78 Å². The smallest absolute Gasteiger partial charge is 0.157 e. The average molecular weight is 256 g/mol. The van der Waals surface area contributed by atoms with E-state index >= 15 is 0 Å². The van der Waals surface area contributed by atoms with Crippen molar-refractivity contribution in [2.45, 2.75) is 33.0 Å². The minimum Gasteiger partial charge on any atom is -0.352 e. The zero-order valence-corrected chi connectivity index (χ0v) is 10.7. The van der Waals surface area contributed by atoms with E-state index in [-0.39, 0.29) is 11.9 Å². The molecule has 1 heterocycles. The van der Waals surface area contributed by atoms with Gasteiger partial charge in [-0.15, -0.1) is 0 Å². The Kier molecular flexibility index (Phi) is 4.30. The molecule has 1 fully saturated rings. The molecule has 1 aromatic carbocycles. The van der Waals surface area contributed by atoms with E-state index in [9.17, 15) is 8.78 Å². The van der Waals surface area contributed by atoms with E-state index in [4.69, 9.17) is 9.47 Å². The monoisotopic (exact) mass is 256 g/mol. The van der Waals surface area contributed by atoms with Gasteiger partial charge in [0.15, 0.2) is 6.29 Å². The van der Waals surface area contributed by atoms with Gasteiger partial charge in [0.05, 0.1) is 13.2 Å². The Bertz CT molecular complexity index is 389. The maximum absolute atomic E-state index is 13.4. The van der Waals surface area contributed by atoms with Crippen LogP contribution in [0.5, 0.6) is 0 Å². The molecule has 0 aliphatic carbocycles. The average Bonchev–Trinajstić information content (AvgIpc) is 2.35. The number of ether oxygens (including phenoxy) is 2. The third-order valence-corrected chi connectivity index (χ3v) is 3.14. The molecule has 1 saturated heterocycles. The van der Waals surface area contributed by atoms with Crippen molar-refractivity contribution in [3.8, 4) is 0 Å². The molecule has 0 bridgehead atoms. The Morgan fingerprint density at radius 1 is 1.17 bits per heavy atom. The first-order chi connectivity index (χ1) is 8.56. The lowest BCUT2D eigenvalue weighted by Gasteiger charge is -2.27. The van der Waals surface area contributed by atoms with Crippen LogP contribution in [0.3, 0.4) is 0 Å². The molecule has 2 rings (SSSR count). The Labute approximate surface area is 106 Å². The fourth-order valence-electron chi connectivity index (χ4n) is 1.93. The van der Waals surface area contributed by atoms with Crippen LogP contribution in [-0.2, 0) is 15.9 Å². The number of halogens is 2. The van der Waals surface area contributed by atoms with Gasteiger partial charge in [0.1, 0.15) is 11.6 Å². The van der Waals surface area contributed by atoms with Crippen molar-refractivity contribution in [1.82, 2.24) is 0 Å². The summed E-state index contributed by atoms with van der Waals surface area (Å²) in [5.74, 6) is -0.580. The second-order valence-corrected chi connectivity index (χ2v) is 4.92. The second-order valence-electron chi connectivity index (χ2n) is 4.92. The molecule has 0 atom stereocenters. The van der Waals surface area contributed by atoms with Crippen molar-refractivity contribution in [2.24, 2.45) is 5.92 Å². The van der Waals surface area contributed by atoms with Gasteiger partial charge in [0.25, 0.3) is 0 Å². The molecular formula is C14H18F2O2. The molecule has 1 aliphatic heterocycles. The van der Waals surface area contributed by atoms with E-state index in [0.717, 1.165) is 0 Å². The second kappa shape index (κ2) is 5.76. The Morgan fingerprint density at radius 3 is 2.28 bits per heavy atom. The molecule has 0 saturated carbocycles. The van der Waals surface area contributed by atoms with Gasteiger partial charge in [-0.05, 0) is 31.0 Å². The predicted molar refractivity (Wildman–Crippen MR) is 64.3 cm³/mol. The molecule has 2 nitrogen and oxygen atoms in total. The van der Waals surface area contributed by atoms with Crippen molar-refractivity contribution >= 4 is 0 Å². The summed E-state index contributed by atoms with van der Waals surface area (Å²) in [6.07, 6.45) is 0.913. The van der Waals surface area contributed by atoms with Crippen molar-refractivity contribution in [2.75, 3.05) is 13.2 Å². The molecule has 0 radical (unpaired) electrons. The normalized spacial score (nSPS) is 24.2. The molecule has 1 aromatic rings. The molecular weight excluding hydrogens is 238 g/mol. The van der Waals surface area contributed by atoms with Gasteiger partial charge in [-0.3, -0.25) is 0 Å². The third-order valence-electron chi connectivity index (χ3n) is 3.14. The van der Waals surface area contributed by atoms with Gasteiger partial charge >= 0.3 is 0 Å². The van der Waals surface area contributed by atoms with E-state index in [1.807, 2.05) is 0 Å². The van der Waals surface area contributed by atoms with E-state index in [1.165, 1.54) is 19.1 Å². The number of hydrogen-bond acceptors (Lipinski definition) is 2.